The van der Waals surface area contributed by atoms with Crippen molar-refractivity contribution in [2.24, 2.45) is 5.41 Å². The molecule has 4 heteroatoms. The molecular formula is C24H24Cl2OTi. The van der Waals surface area contributed by atoms with E-state index in [1.807, 2.05) is 0 Å². The van der Waals surface area contributed by atoms with E-state index in [0.29, 0.717) is 5.92 Å². The van der Waals surface area contributed by atoms with E-state index in [9.17, 15) is 0 Å². The summed E-state index contributed by atoms with van der Waals surface area (Å²) < 4.78 is 7.60. The van der Waals surface area contributed by atoms with Crippen LogP contribution in [0.1, 0.15) is 43.4 Å². The van der Waals surface area contributed by atoms with Gasteiger partial charge in [0.15, 0.2) is 0 Å². The molecule has 1 aliphatic carbocycles. The molecule has 0 radical (unpaired) electrons. The van der Waals surface area contributed by atoms with Crippen LogP contribution < -0.4 is 28.7 Å². The number of rotatable bonds is 4. The van der Waals surface area contributed by atoms with Crippen molar-refractivity contribution in [2.45, 2.75) is 26.7 Å². The quantitative estimate of drug-likeness (QED) is 0.385. The van der Waals surface area contributed by atoms with Crippen LogP contribution in [0.2, 0.25) is 0 Å². The van der Waals surface area contributed by atoms with E-state index in [0.717, 1.165) is 6.61 Å². The van der Waals surface area contributed by atoms with Crippen molar-refractivity contribution >= 4 is 3.87 Å². The SMILES string of the molecule is CC(C)(C)C[O][Ti+2][c]1ccccc1C1c2ccccc2-c2ccccc21.[Cl-].[Cl-]. The summed E-state index contributed by atoms with van der Waals surface area (Å²) >= 11 is -0.613. The first kappa shape index (κ1) is 23.2. The topological polar surface area (TPSA) is 9.23 Å². The normalized spacial score (nSPS) is 12.2. The molecule has 0 aliphatic heterocycles. The van der Waals surface area contributed by atoms with Crippen LogP contribution >= 0.6 is 0 Å². The molecule has 1 aliphatic rings. The van der Waals surface area contributed by atoms with Gasteiger partial charge in [-0.2, -0.15) is 0 Å². The fourth-order valence-electron chi connectivity index (χ4n) is 3.66. The molecule has 0 amide bonds. The summed E-state index contributed by atoms with van der Waals surface area (Å²) in [5, 5.41) is 0. The summed E-state index contributed by atoms with van der Waals surface area (Å²) in [6.07, 6.45) is 0. The molecule has 3 aromatic carbocycles. The van der Waals surface area contributed by atoms with Gasteiger partial charge >= 0.3 is 166 Å². The molecule has 0 saturated heterocycles. The summed E-state index contributed by atoms with van der Waals surface area (Å²) in [6, 6.07) is 26.6. The molecule has 0 unspecified atom stereocenters. The van der Waals surface area contributed by atoms with Crippen LogP contribution in [0.3, 0.4) is 0 Å². The molecule has 28 heavy (non-hydrogen) atoms. The Morgan fingerprint density at radius 3 is 1.71 bits per heavy atom. The van der Waals surface area contributed by atoms with Gasteiger partial charge in [-0.3, -0.25) is 0 Å². The fraction of sp³-hybridized carbons (Fsp3) is 0.250. The standard InChI is InChI=1S/C19H13.C5H11O.2ClH.Ti/c1-2-8-14(9-3-1)19-17-12-6-4-10-15(17)16-11-5-7-13-18(16)19;1-5(2,3)4-6;;;/h1-8,10-13,19H;4H2,1-3H3;2*1H;/q;-1;;;+3/p-2. The largest absolute Gasteiger partial charge is 1.00 e. The van der Waals surface area contributed by atoms with Gasteiger partial charge in [-0.05, 0) is 0 Å². The maximum absolute atomic E-state index is 6.19. The second-order valence-corrected chi connectivity index (χ2v) is 9.76. The number of hydrogen-bond donors (Lipinski definition) is 0. The third-order valence-electron chi connectivity index (χ3n) is 4.79. The third-order valence-corrected chi connectivity index (χ3v) is 6.30. The summed E-state index contributed by atoms with van der Waals surface area (Å²) in [5.74, 6) is 0.320. The summed E-state index contributed by atoms with van der Waals surface area (Å²) in [5.41, 5.74) is 7.22. The molecule has 0 bridgehead atoms. The van der Waals surface area contributed by atoms with E-state index >= 15 is 0 Å². The Bertz CT molecular complexity index is 888. The number of fused-ring (bicyclic) bond motifs is 3. The zero-order valence-electron chi connectivity index (χ0n) is 16.4. The average Bonchev–Trinajstić information content (AvgIpc) is 2.96. The minimum Gasteiger partial charge on any atom is -1.00 e. The van der Waals surface area contributed by atoms with Crippen LogP contribution in [-0.2, 0) is 22.9 Å². The van der Waals surface area contributed by atoms with Gasteiger partial charge in [0, 0.05) is 0 Å². The molecule has 0 saturated carbocycles. The van der Waals surface area contributed by atoms with Crippen molar-refractivity contribution in [1.29, 1.82) is 0 Å². The molecule has 0 N–H and O–H groups in total. The molecule has 0 atom stereocenters. The van der Waals surface area contributed by atoms with Crippen LogP contribution in [0, 0.1) is 5.41 Å². The Labute approximate surface area is 190 Å². The van der Waals surface area contributed by atoms with Crippen LogP contribution in [-0.4, -0.2) is 6.61 Å². The Balaban J connectivity index is 0.00000140. The van der Waals surface area contributed by atoms with Crippen molar-refractivity contribution in [3.8, 4) is 11.1 Å². The van der Waals surface area contributed by atoms with E-state index in [-0.39, 0.29) is 30.2 Å². The van der Waals surface area contributed by atoms with Gasteiger partial charge in [0.05, 0.1) is 0 Å². The minimum absolute atomic E-state index is 0. The van der Waals surface area contributed by atoms with E-state index in [1.165, 1.54) is 31.7 Å². The maximum atomic E-state index is 6.19. The fourth-order valence-corrected chi connectivity index (χ4v) is 5.49. The number of halogens is 2. The smallest absolute Gasteiger partial charge is 1.00 e. The Morgan fingerprint density at radius 1 is 0.714 bits per heavy atom. The summed E-state index contributed by atoms with van der Waals surface area (Å²) in [7, 11) is 0. The Hall–Kier alpha value is -1.09. The second kappa shape index (κ2) is 9.61. The predicted octanol–water partition coefficient (Wildman–Crippen LogP) is -0.459. The average molecular weight is 447 g/mol. The van der Waals surface area contributed by atoms with Gasteiger partial charge in [-0.25, -0.2) is 0 Å². The monoisotopic (exact) mass is 446 g/mol. The molecule has 3 aromatic rings. The van der Waals surface area contributed by atoms with E-state index in [4.69, 9.17) is 3.32 Å². The summed E-state index contributed by atoms with van der Waals surface area (Å²) in [6.45, 7) is 7.51. The van der Waals surface area contributed by atoms with Gasteiger partial charge in [0.1, 0.15) is 0 Å². The first-order valence-electron chi connectivity index (χ1n) is 9.19. The van der Waals surface area contributed by atoms with Crippen molar-refractivity contribution in [1.82, 2.24) is 0 Å². The third kappa shape index (κ3) is 4.72. The van der Waals surface area contributed by atoms with E-state index < -0.39 is 19.5 Å². The van der Waals surface area contributed by atoms with Gasteiger partial charge in [-0.15, -0.1) is 0 Å². The van der Waals surface area contributed by atoms with E-state index in [1.54, 1.807) is 0 Å². The molecule has 0 fully saturated rings. The van der Waals surface area contributed by atoms with Gasteiger partial charge in [0.2, 0.25) is 0 Å². The zero-order valence-corrected chi connectivity index (χ0v) is 19.5. The van der Waals surface area contributed by atoms with Crippen LogP contribution in [0.15, 0.2) is 72.8 Å². The van der Waals surface area contributed by atoms with Crippen LogP contribution in [0.25, 0.3) is 11.1 Å². The van der Waals surface area contributed by atoms with Crippen LogP contribution in [0.4, 0.5) is 0 Å². The predicted molar refractivity (Wildman–Crippen MR) is 104 cm³/mol. The van der Waals surface area contributed by atoms with Crippen LogP contribution in [0.5, 0.6) is 0 Å². The maximum Gasteiger partial charge on any atom is -1.00 e. The molecule has 1 nitrogen and oxygen atoms in total. The van der Waals surface area contributed by atoms with Gasteiger partial charge in [0.25, 0.3) is 0 Å². The zero-order chi connectivity index (χ0) is 18.1. The first-order valence-corrected chi connectivity index (χ1v) is 10.6. The number of benzene rings is 3. The van der Waals surface area contributed by atoms with Crippen molar-refractivity contribution in [3.05, 3.63) is 89.5 Å². The molecule has 0 heterocycles. The van der Waals surface area contributed by atoms with Gasteiger partial charge in [-0.1, -0.05) is 0 Å². The second-order valence-electron chi connectivity index (χ2n) is 8.15. The number of hydrogen-bond acceptors (Lipinski definition) is 1. The molecule has 0 aromatic heterocycles. The molecular weight excluding hydrogens is 423 g/mol. The summed E-state index contributed by atoms with van der Waals surface area (Å²) in [4.78, 5) is 0. The molecule has 4 rings (SSSR count). The van der Waals surface area contributed by atoms with Crippen molar-refractivity contribution < 1.29 is 47.7 Å². The van der Waals surface area contributed by atoms with E-state index in [2.05, 4.69) is 93.6 Å². The van der Waals surface area contributed by atoms with Crippen molar-refractivity contribution in [2.75, 3.05) is 6.61 Å². The van der Waals surface area contributed by atoms with Gasteiger partial charge < -0.3 is 24.8 Å². The molecule has 144 valence electrons. The Kier molecular flexibility index (Phi) is 7.96. The van der Waals surface area contributed by atoms with Crippen molar-refractivity contribution in [3.63, 3.8) is 0 Å². The Morgan fingerprint density at radius 2 is 1.18 bits per heavy atom. The first-order chi connectivity index (χ1) is 12.5. The molecule has 0 spiro atoms. The minimum atomic E-state index is -0.613.